The molecule has 2 rings (SSSR count). The van der Waals surface area contributed by atoms with Gasteiger partial charge in [-0.1, -0.05) is 13.8 Å². The summed E-state index contributed by atoms with van der Waals surface area (Å²) in [7, 11) is 4.37. The summed E-state index contributed by atoms with van der Waals surface area (Å²) in [5.41, 5.74) is 0.242. The van der Waals surface area contributed by atoms with Gasteiger partial charge < -0.3 is 10.2 Å². The van der Waals surface area contributed by atoms with E-state index in [4.69, 9.17) is 0 Å². The summed E-state index contributed by atoms with van der Waals surface area (Å²) < 4.78 is 0. The predicted octanol–water partition coefficient (Wildman–Crippen LogP) is 1.27. The van der Waals surface area contributed by atoms with Gasteiger partial charge in [0.2, 0.25) is 0 Å². The first-order chi connectivity index (χ1) is 8.48. The van der Waals surface area contributed by atoms with Crippen molar-refractivity contribution in [3.63, 3.8) is 0 Å². The summed E-state index contributed by atoms with van der Waals surface area (Å²) >= 11 is 1.65. The van der Waals surface area contributed by atoms with E-state index in [1.165, 1.54) is 4.90 Å². The van der Waals surface area contributed by atoms with Gasteiger partial charge in [0, 0.05) is 12.0 Å². The highest BCUT2D eigenvalue weighted by Gasteiger charge is 2.21. The molecule has 0 amide bonds. The zero-order valence-corrected chi connectivity index (χ0v) is 12.3. The van der Waals surface area contributed by atoms with E-state index in [9.17, 15) is 0 Å². The van der Waals surface area contributed by atoms with Crippen LogP contribution < -0.4 is 10.2 Å². The highest BCUT2D eigenvalue weighted by molar-refractivity contribution is 7.16. The monoisotopic (exact) mass is 265 g/mol. The molecule has 5 heteroatoms. The van der Waals surface area contributed by atoms with Gasteiger partial charge in [-0.15, -0.1) is 11.3 Å². The maximum absolute atomic E-state index is 4.34. The van der Waals surface area contributed by atoms with Crippen LogP contribution in [0.1, 0.15) is 13.8 Å². The molecule has 0 radical (unpaired) electrons. The lowest BCUT2D eigenvalue weighted by Crippen LogP contribution is -3.07. The Bertz CT molecular complexity index is 518. The van der Waals surface area contributed by atoms with Crippen LogP contribution in [0.4, 0.5) is 5.82 Å². The molecule has 0 spiro atoms. The van der Waals surface area contributed by atoms with E-state index in [1.807, 2.05) is 0 Å². The zero-order chi connectivity index (χ0) is 13.2. The van der Waals surface area contributed by atoms with Crippen LogP contribution in [0, 0.1) is 5.41 Å². The number of hydrogen-bond donors (Lipinski definition) is 2. The van der Waals surface area contributed by atoms with Crippen LogP contribution in [-0.2, 0) is 0 Å². The lowest BCUT2D eigenvalue weighted by atomic mass is 9.93. The summed E-state index contributed by atoms with van der Waals surface area (Å²) in [4.78, 5) is 11.1. The molecule has 0 saturated carbocycles. The lowest BCUT2D eigenvalue weighted by Gasteiger charge is -2.26. The van der Waals surface area contributed by atoms with E-state index in [0.717, 1.165) is 29.1 Å². The van der Waals surface area contributed by atoms with Crippen molar-refractivity contribution >= 4 is 27.4 Å². The van der Waals surface area contributed by atoms with Crippen molar-refractivity contribution in [2.45, 2.75) is 13.8 Å². The smallest absolute Gasteiger partial charge is 0.138 e. The number of nitrogens with one attached hydrogen (secondary N) is 2. The molecule has 18 heavy (non-hydrogen) atoms. The Morgan fingerprint density at radius 2 is 2.11 bits per heavy atom. The highest BCUT2D eigenvalue weighted by atomic mass is 32.1. The van der Waals surface area contributed by atoms with Crippen LogP contribution in [0.5, 0.6) is 0 Å². The Morgan fingerprint density at radius 1 is 1.33 bits per heavy atom. The third-order valence-electron chi connectivity index (χ3n) is 2.83. The van der Waals surface area contributed by atoms with Crippen LogP contribution >= 0.6 is 11.3 Å². The van der Waals surface area contributed by atoms with E-state index >= 15 is 0 Å². The molecular formula is C13H21N4S+. The summed E-state index contributed by atoms with van der Waals surface area (Å²) in [6, 6.07) is 2.08. The van der Waals surface area contributed by atoms with Gasteiger partial charge in [-0.25, -0.2) is 9.97 Å². The molecule has 2 aromatic heterocycles. The maximum atomic E-state index is 4.34. The van der Waals surface area contributed by atoms with Gasteiger partial charge in [0.15, 0.2) is 0 Å². The molecule has 0 aliphatic rings. The van der Waals surface area contributed by atoms with Gasteiger partial charge >= 0.3 is 0 Å². The summed E-state index contributed by atoms with van der Waals surface area (Å²) in [6.45, 7) is 6.59. The number of anilines is 1. The Labute approximate surface area is 112 Å². The average Bonchev–Trinajstić information content (AvgIpc) is 2.72. The SMILES string of the molecule is C[NH+](C)CC(C)(C)CNc1ncnc2sccc12. The number of quaternary nitrogens is 1. The van der Waals surface area contributed by atoms with Crippen molar-refractivity contribution in [3.05, 3.63) is 17.8 Å². The zero-order valence-electron chi connectivity index (χ0n) is 11.4. The van der Waals surface area contributed by atoms with E-state index in [0.29, 0.717) is 0 Å². The largest absolute Gasteiger partial charge is 0.369 e. The van der Waals surface area contributed by atoms with E-state index in [2.05, 4.69) is 54.7 Å². The van der Waals surface area contributed by atoms with E-state index in [-0.39, 0.29) is 5.41 Å². The van der Waals surface area contributed by atoms with E-state index < -0.39 is 0 Å². The fourth-order valence-corrected chi connectivity index (χ4v) is 3.01. The topological polar surface area (TPSA) is 42.2 Å². The first-order valence-corrected chi connectivity index (χ1v) is 7.07. The Balaban J connectivity index is 2.08. The Hall–Kier alpha value is -1.20. The fraction of sp³-hybridized carbons (Fsp3) is 0.538. The first kappa shape index (κ1) is 13.2. The van der Waals surface area contributed by atoms with Crippen molar-refractivity contribution in [2.24, 2.45) is 5.41 Å². The number of hydrogen-bond acceptors (Lipinski definition) is 4. The number of aromatic nitrogens is 2. The number of thiophene rings is 1. The van der Waals surface area contributed by atoms with Crippen LogP contribution in [0.15, 0.2) is 17.8 Å². The molecule has 2 heterocycles. The second-order valence-corrected chi connectivity index (χ2v) is 6.66. The van der Waals surface area contributed by atoms with Crippen LogP contribution in [0.25, 0.3) is 10.2 Å². The van der Waals surface area contributed by atoms with Crippen molar-refractivity contribution in [2.75, 3.05) is 32.5 Å². The molecule has 98 valence electrons. The molecule has 0 aromatic carbocycles. The molecule has 0 saturated heterocycles. The quantitative estimate of drug-likeness (QED) is 0.855. The minimum Gasteiger partial charge on any atom is -0.369 e. The van der Waals surface area contributed by atoms with Crippen molar-refractivity contribution < 1.29 is 4.90 Å². The minimum atomic E-state index is 0.242. The van der Waals surface area contributed by atoms with Crippen LogP contribution in [-0.4, -0.2) is 37.2 Å². The minimum absolute atomic E-state index is 0.242. The highest BCUT2D eigenvalue weighted by Crippen LogP contribution is 2.24. The molecule has 4 nitrogen and oxygen atoms in total. The Morgan fingerprint density at radius 3 is 2.83 bits per heavy atom. The standard InChI is InChI=1S/C13H20N4S/c1-13(2,8-17(3)4)7-14-11-10-5-6-18-12(10)16-9-15-11/h5-6,9H,7-8H2,1-4H3,(H,14,15,16)/p+1. The maximum Gasteiger partial charge on any atom is 0.138 e. The third-order valence-corrected chi connectivity index (χ3v) is 3.65. The van der Waals surface area contributed by atoms with Gasteiger partial charge in [0.05, 0.1) is 26.0 Å². The second-order valence-electron chi connectivity index (χ2n) is 5.76. The number of rotatable bonds is 5. The second kappa shape index (κ2) is 5.20. The molecule has 0 bridgehead atoms. The molecule has 0 unspecified atom stereocenters. The molecular weight excluding hydrogens is 244 g/mol. The summed E-state index contributed by atoms with van der Waals surface area (Å²) in [6.07, 6.45) is 1.63. The third kappa shape index (κ3) is 3.17. The number of fused-ring (bicyclic) bond motifs is 1. The van der Waals surface area contributed by atoms with Crippen molar-refractivity contribution in [3.8, 4) is 0 Å². The summed E-state index contributed by atoms with van der Waals surface area (Å²) in [5.74, 6) is 0.947. The lowest BCUT2D eigenvalue weighted by molar-refractivity contribution is -0.865. The predicted molar refractivity (Wildman–Crippen MR) is 77.4 cm³/mol. The normalized spacial score (nSPS) is 12.3. The first-order valence-electron chi connectivity index (χ1n) is 6.19. The van der Waals surface area contributed by atoms with Crippen LogP contribution in [0.2, 0.25) is 0 Å². The van der Waals surface area contributed by atoms with Gasteiger partial charge in [-0.05, 0) is 11.4 Å². The molecule has 0 aliphatic heterocycles. The Kier molecular flexibility index (Phi) is 3.82. The van der Waals surface area contributed by atoms with E-state index in [1.54, 1.807) is 17.7 Å². The molecule has 0 fully saturated rings. The molecule has 0 aliphatic carbocycles. The van der Waals surface area contributed by atoms with Crippen molar-refractivity contribution in [1.29, 1.82) is 0 Å². The van der Waals surface area contributed by atoms with Gasteiger partial charge in [-0.2, -0.15) is 0 Å². The van der Waals surface area contributed by atoms with Gasteiger partial charge in [-0.3, -0.25) is 0 Å². The fourth-order valence-electron chi connectivity index (χ4n) is 2.27. The van der Waals surface area contributed by atoms with Gasteiger partial charge in [0.1, 0.15) is 17.0 Å². The molecule has 2 N–H and O–H groups in total. The van der Waals surface area contributed by atoms with Crippen LogP contribution in [0.3, 0.4) is 0 Å². The van der Waals surface area contributed by atoms with Gasteiger partial charge in [0.25, 0.3) is 0 Å². The average molecular weight is 265 g/mol. The molecule has 2 aromatic rings. The van der Waals surface area contributed by atoms with Crippen molar-refractivity contribution in [1.82, 2.24) is 9.97 Å². The summed E-state index contributed by atoms with van der Waals surface area (Å²) in [5, 5.41) is 6.64. The number of nitrogens with zero attached hydrogens (tertiary/aromatic N) is 2. The molecule has 0 atom stereocenters.